The normalized spacial score (nSPS) is 11.9. The fourth-order valence-electron chi connectivity index (χ4n) is 3.12. The number of fused-ring (bicyclic) bond motifs is 1. The first-order chi connectivity index (χ1) is 13.3. The largest absolute Gasteiger partial charge is 0.497 e. The van der Waals surface area contributed by atoms with Crippen molar-refractivity contribution in [3.63, 3.8) is 0 Å². The van der Waals surface area contributed by atoms with Crippen molar-refractivity contribution in [3.05, 3.63) is 54.0 Å². The van der Waals surface area contributed by atoms with Crippen LogP contribution in [0.3, 0.4) is 0 Å². The third-order valence-electron chi connectivity index (χ3n) is 4.44. The molecule has 0 fully saturated rings. The Balaban J connectivity index is 2.01. The topological polar surface area (TPSA) is 57.8 Å². The lowest BCUT2D eigenvalue weighted by atomic mass is 10.1. The van der Waals surface area contributed by atoms with Gasteiger partial charge in [0.1, 0.15) is 5.75 Å². The van der Waals surface area contributed by atoms with E-state index in [2.05, 4.69) is 15.2 Å². The van der Waals surface area contributed by atoms with Crippen molar-refractivity contribution in [2.24, 2.45) is 7.05 Å². The Morgan fingerprint density at radius 2 is 1.82 bits per heavy atom. The smallest absolute Gasteiger partial charge is 0.417 e. The molecule has 0 aliphatic heterocycles. The van der Waals surface area contributed by atoms with Crippen molar-refractivity contribution < 1.29 is 17.9 Å². The molecule has 0 atom stereocenters. The van der Waals surface area contributed by atoms with Crippen LogP contribution >= 0.6 is 0 Å². The highest BCUT2D eigenvalue weighted by Crippen LogP contribution is 2.38. The highest BCUT2D eigenvalue weighted by atomic mass is 19.4. The number of aryl methyl sites for hydroxylation is 2. The van der Waals surface area contributed by atoms with E-state index >= 15 is 0 Å². The number of methoxy groups -OCH3 is 1. The van der Waals surface area contributed by atoms with Crippen LogP contribution in [0.4, 0.5) is 13.2 Å². The predicted octanol–water partition coefficient (Wildman–Crippen LogP) is 4.16. The van der Waals surface area contributed by atoms with E-state index in [0.717, 1.165) is 6.07 Å². The van der Waals surface area contributed by atoms with E-state index in [0.29, 0.717) is 17.0 Å². The molecule has 0 saturated carbocycles. The molecule has 28 heavy (non-hydrogen) atoms. The Kier molecular flexibility index (Phi) is 4.10. The van der Waals surface area contributed by atoms with Crippen molar-refractivity contribution in [2.45, 2.75) is 13.1 Å². The molecule has 0 spiro atoms. The van der Waals surface area contributed by atoms with Gasteiger partial charge in [-0.05, 0) is 37.3 Å². The third-order valence-corrected chi connectivity index (χ3v) is 4.44. The molecule has 4 rings (SSSR count). The number of benzene rings is 1. The van der Waals surface area contributed by atoms with E-state index < -0.39 is 11.7 Å². The summed E-state index contributed by atoms with van der Waals surface area (Å²) >= 11 is 0. The maximum atomic E-state index is 13.8. The molecule has 0 bridgehead atoms. The average molecular weight is 387 g/mol. The number of halogens is 3. The first kappa shape index (κ1) is 18.0. The molecule has 1 aromatic carbocycles. The molecule has 0 amide bonds. The second kappa shape index (κ2) is 6.36. The molecule has 4 aromatic rings. The summed E-state index contributed by atoms with van der Waals surface area (Å²) in [5.41, 5.74) is 0.883. The molecule has 9 heteroatoms. The zero-order chi connectivity index (χ0) is 20.1. The van der Waals surface area contributed by atoms with Crippen LogP contribution in [-0.4, -0.2) is 31.7 Å². The fourth-order valence-corrected chi connectivity index (χ4v) is 3.12. The highest BCUT2D eigenvalue weighted by molar-refractivity contribution is 5.86. The van der Waals surface area contributed by atoms with Gasteiger partial charge >= 0.3 is 6.18 Å². The van der Waals surface area contributed by atoms with Crippen LogP contribution in [0.25, 0.3) is 28.0 Å². The van der Waals surface area contributed by atoms with E-state index in [1.165, 1.54) is 15.6 Å². The average Bonchev–Trinajstić information content (AvgIpc) is 3.24. The maximum Gasteiger partial charge on any atom is 0.417 e. The Morgan fingerprint density at radius 1 is 1.11 bits per heavy atom. The first-order valence-electron chi connectivity index (χ1n) is 8.39. The Bertz CT molecular complexity index is 1160. The molecule has 0 saturated heterocycles. The molecule has 3 aromatic heterocycles. The summed E-state index contributed by atoms with van der Waals surface area (Å²) in [7, 11) is 3.23. The quantitative estimate of drug-likeness (QED) is 0.530. The molecule has 0 unspecified atom stereocenters. The van der Waals surface area contributed by atoms with Gasteiger partial charge in [0.2, 0.25) is 0 Å². The zero-order valence-corrected chi connectivity index (χ0v) is 15.3. The van der Waals surface area contributed by atoms with Gasteiger partial charge in [-0.1, -0.05) is 0 Å². The fraction of sp³-hybridized carbons (Fsp3) is 0.211. The molecule has 0 aliphatic carbocycles. The number of ether oxygens (including phenoxy) is 1. The van der Waals surface area contributed by atoms with Gasteiger partial charge in [-0.15, -0.1) is 0 Å². The summed E-state index contributed by atoms with van der Waals surface area (Å²) in [4.78, 5) is 4.49. The SMILES string of the molecule is COc1ccc(-n2nc(C)c3c(C(F)(F)F)cc(-c4cnn(C)c4)nc32)cc1. The van der Waals surface area contributed by atoms with E-state index in [-0.39, 0.29) is 22.4 Å². The van der Waals surface area contributed by atoms with Crippen LogP contribution in [-0.2, 0) is 13.2 Å². The number of hydrogen-bond acceptors (Lipinski definition) is 4. The maximum absolute atomic E-state index is 13.8. The lowest BCUT2D eigenvalue weighted by Crippen LogP contribution is -2.08. The highest BCUT2D eigenvalue weighted by Gasteiger charge is 2.36. The van der Waals surface area contributed by atoms with E-state index in [9.17, 15) is 13.2 Å². The Morgan fingerprint density at radius 3 is 2.39 bits per heavy atom. The Hall–Kier alpha value is -3.36. The third kappa shape index (κ3) is 2.98. The van der Waals surface area contributed by atoms with Crippen LogP contribution in [0, 0.1) is 6.92 Å². The molecule has 0 N–H and O–H groups in total. The van der Waals surface area contributed by atoms with Gasteiger partial charge in [0.15, 0.2) is 5.65 Å². The summed E-state index contributed by atoms with van der Waals surface area (Å²) in [6, 6.07) is 7.92. The molecule has 144 valence electrons. The van der Waals surface area contributed by atoms with Gasteiger partial charge in [-0.2, -0.15) is 23.4 Å². The first-order valence-corrected chi connectivity index (χ1v) is 8.39. The number of hydrogen-bond donors (Lipinski definition) is 0. The second-order valence-electron chi connectivity index (χ2n) is 6.35. The zero-order valence-electron chi connectivity index (χ0n) is 15.3. The standard InChI is InChI=1S/C19H16F3N5O/c1-11-17-15(19(20,21)22)8-16(12-9-23-26(2)10-12)24-18(17)27(25-11)13-4-6-14(28-3)7-5-13/h4-10H,1-3H3. The summed E-state index contributed by atoms with van der Waals surface area (Å²) < 4.78 is 49.5. The Labute approximate surface area is 158 Å². The molecular formula is C19H16F3N5O. The van der Waals surface area contributed by atoms with Crippen LogP contribution in [0.15, 0.2) is 42.7 Å². The molecule has 3 heterocycles. The molecular weight excluding hydrogens is 371 g/mol. The number of pyridine rings is 1. The van der Waals surface area contributed by atoms with Crippen LogP contribution in [0.5, 0.6) is 5.75 Å². The van der Waals surface area contributed by atoms with Crippen molar-refractivity contribution in [3.8, 4) is 22.7 Å². The molecule has 6 nitrogen and oxygen atoms in total. The van der Waals surface area contributed by atoms with Gasteiger partial charge < -0.3 is 4.74 Å². The van der Waals surface area contributed by atoms with Gasteiger partial charge in [0.05, 0.1) is 41.3 Å². The van der Waals surface area contributed by atoms with E-state index in [1.807, 2.05) is 0 Å². The predicted molar refractivity (Wildman–Crippen MR) is 97.4 cm³/mol. The number of rotatable bonds is 3. The lowest BCUT2D eigenvalue weighted by molar-refractivity contribution is -0.136. The van der Waals surface area contributed by atoms with Crippen molar-refractivity contribution in [1.82, 2.24) is 24.5 Å². The van der Waals surface area contributed by atoms with Crippen LogP contribution in [0.1, 0.15) is 11.3 Å². The van der Waals surface area contributed by atoms with Crippen molar-refractivity contribution in [1.29, 1.82) is 0 Å². The minimum Gasteiger partial charge on any atom is -0.497 e. The summed E-state index contributed by atoms with van der Waals surface area (Å²) in [5.74, 6) is 0.636. The van der Waals surface area contributed by atoms with Gasteiger partial charge in [-0.3, -0.25) is 4.68 Å². The number of aromatic nitrogens is 5. The van der Waals surface area contributed by atoms with Gasteiger partial charge in [0, 0.05) is 18.8 Å². The minimum absolute atomic E-state index is 0.0176. The van der Waals surface area contributed by atoms with Crippen molar-refractivity contribution >= 4 is 11.0 Å². The molecule has 0 radical (unpaired) electrons. The summed E-state index contributed by atoms with van der Waals surface area (Å²) in [6.07, 6.45) is -1.44. The van der Waals surface area contributed by atoms with Crippen LogP contribution < -0.4 is 4.74 Å². The number of alkyl halides is 3. The number of nitrogens with zero attached hydrogens (tertiary/aromatic N) is 5. The van der Waals surface area contributed by atoms with Gasteiger partial charge in [-0.25, -0.2) is 9.67 Å². The summed E-state index contributed by atoms with van der Waals surface area (Å²) in [5, 5.41) is 8.33. The minimum atomic E-state index is -4.54. The van der Waals surface area contributed by atoms with E-state index in [4.69, 9.17) is 4.74 Å². The van der Waals surface area contributed by atoms with Gasteiger partial charge in [0.25, 0.3) is 0 Å². The summed E-state index contributed by atoms with van der Waals surface area (Å²) in [6.45, 7) is 1.54. The van der Waals surface area contributed by atoms with E-state index in [1.54, 1.807) is 51.5 Å². The van der Waals surface area contributed by atoms with Crippen molar-refractivity contribution in [2.75, 3.05) is 7.11 Å². The van der Waals surface area contributed by atoms with Crippen LogP contribution in [0.2, 0.25) is 0 Å². The lowest BCUT2D eigenvalue weighted by Gasteiger charge is -2.11. The second-order valence-corrected chi connectivity index (χ2v) is 6.35. The molecule has 0 aliphatic rings. The monoisotopic (exact) mass is 387 g/mol.